The van der Waals surface area contributed by atoms with Crippen LogP contribution in [0.4, 0.5) is 5.69 Å². The fourth-order valence-electron chi connectivity index (χ4n) is 2.18. The third kappa shape index (κ3) is 4.35. The van der Waals surface area contributed by atoms with Crippen LogP contribution in [0.3, 0.4) is 0 Å². The molecule has 2 aromatic rings. The van der Waals surface area contributed by atoms with Gasteiger partial charge in [0.25, 0.3) is 5.91 Å². The van der Waals surface area contributed by atoms with Crippen molar-refractivity contribution >= 4 is 17.4 Å². The summed E-state index contributed by atoms with van der Waals surface area (Å²) < 4.78 is 11.0. The van der Waals surface area contributed by atoms with Gasteiger partial charge in [-0.05, 0) is 63.2 Å². The highest BCUT2D eigenvalue weighted by molar-refractivity contribution is 6.05. The molecule has 0 atom stereocenters. The molecule has 1 N–H and O–H groups in total. The topological polar surface area (TPSA) is 64.6 Å². The van der Waals surface area contributed by atoms with Gasteiger partial charge in [0, 0.05) is 16.8 Å². The van der Waals surface area contributed by atoms with E-state index < -0.39 is 0 Å². The molecule has 2 aromatic carbocycles. The first-order valence-corrected chi connectivity index (χ1v) is 7.87. The van der Waals surface area contributed by atoms with Gasteiger partial charge in [0.2, 0.25) is 0 Å². The molecule has 0 radical (unpaired) electrons. The summed E-state index contributed by atoms with van der Waals surface area (Å²) in [6.07, 6.45) is 0. The monoisotopic (exact) mass is 327 g/mol. The number of hydrogen-bond acceptors (Lipinski definition) is 4. The summed E-state index contributed by atoms with van der Waals surface area (Å²) in [5, 5.41) is 2.80. The Hall–Kier alpha value is -2.82. The van der Waals surface area contributed by atoms with Crippen LogP contribution < -0.4 is 14.8 Å². The van der Waals surface area contributed by atoms with Gasteiger partial charge in [-0.1, -0.05) is 0 Å². The lowest BCUT2D eigenvalue weighted by Gasteiger charge is -2.12. The summed E-state index contributed by atoms with van der Waals surface area (Å²) >= 11 is 0. The number of carbonyl (C=O) groups is 2. The van der Waals surface area contributed by atoms with Crippen molar-refractivity contribution in [2.24, 2.45) is 0 Å². The molecule has 5 heteroatoms. The molecule has 0 spiro atoms. The Bertz CT molecular complexity index is 723. The number of hydrogen-bond donors (Lipinski definition) is 1. The van der Waals surface area contributed by atoms with Crippen LogP contribution in [0, 0.1) is 0 Å². The van der Waals surface area contributed by atoms with E-state index in [2.05, 4.69) is 5.32 Å². The SMILES string of the molecule is CCOc1ccc(C(=O)Nc2ccc(C(C)=O)cc2)cc1OCC. The van der Waals surface area contributed by atoms with E-state index in [0.29, 0.717) is 41.5 Å². The second-order valence-electron chi connectivity index (χ2n) is 5.12. The minimum Gasteiger partial charge on any atom is -0.490 e. The lowest BCUT2D eigenvalue weighted by atomic mass is 10.1. The first-order chi connectivity index (χ1) is 11.5. The fourth-order valence-corrected chi connectivity index (χ4v) is 2.18. The third-order valence-electron chi connectivity index (χ3n) is 3.35. The number of nitrogens with one attached hydrogen (secondary N) is 1. The molecule has 0 aliphatic carbocycles. The highest BCUT2D eigenvalue weighted by Gasteiger charge is 2.12. The number of anilines is 1. The van der Waals surface area contributed by atoms with Crippen molar-refractivity contribution in [3.8, 4) is 11.5 Å². The highest BCUT2D eigenvalue weighted by atomic mass is 16.5. The van der Waals surface area contributed by atoms with Gasteiger partial charge in [0.15, 0.2) is 17.3 Å². The Morgan fingerprint density at radius 2 is 1.46 bits per heavy atom. The Morgan fingerprint density at radius 3 is 2.04 bits per heavy atom. The van der Waals surface area contributed by atoms with Crippen LogP contribution in [0.5, 0.6) is 11.5 Å². The van der Waals surface area contributed by atoms with E-state index >= 15 is 0 Å². The van der Waals surface area contributed by atoms with Crippen molar-refractivity contribution in [2.75, 3.05) is 18.5 Å². The molecule has 5 nitrogen and oxygen atoms in total. The summed E-state index contributed by atoms with van der Waals surface area (Å²) in [6, 6.07) is 11.8. The lowest BCUT2D eigenvalue weighted by Crippen LogP contribution is -2.12. The molecule has 0 aromatic heterocycles. The Balaban J connectivity index is 2.16. The van der Waals surface area contributed by atoms with Crippen LogP contribution in [0.25, 0.3) is 0 Å². The van der Waals surface area contributed by atoms with Gasteiger partial charge in [-0.2, -0.15) is 0 Å². The number of ether oxygens (including phenoxy) is 2. The predicted octanol–water partition coefficient (Wildman–Crippen LogP) is 3.94. The van der Waals surface area contributed by atoms with Crippen molar-refractivity contribution in [1.82, 2.24) is 0 Å². The van der Waals surface area contributed by atoms with E-state index in [1.165, 1.54) is 6.92 Å². The van der Waals surface area contributed by atoms with E-state index in [9.17, 15) is 9.59 Å². The van der Waals surface area contributed by atoms with Crippen molar-refractivity contribution in [2.45, 2.75) is 20.8 Å². The predicted molar refractivity (Wildman–Crippen MR) is 93.2 cm³/mol. The maximum Gasteiger partial charge on any atom is 0.255 e. The Labute approximate surface area is 141 Å². The fraction of sp³-hybridized carbons (Fsp3) is 0.263. The molecule has 0 fully saturated rings. The van der Waals surface area contributed by atoms with Gasteiger partial charge in [-0.3, -0.25) is 9.59 Å². The Kier molecular flexibility index (Phi) is 5.95. The summed E-state index contributed by atoms with van der Waals surface area (Å²) in [7, 11) is 0. The maximum absolute atomic E-state index is 12.4. The van der Waals surface area contributed by atoms with Gasteiger partial charge in [-0.25, -0.2) is 0 Å². The number of ketones is 1. The summed E-state index contributed by atoms with van der Waals surface area (Å²) in [4.78, 5) is 23.7. The lowest BCUT2D eigenvalue weighted by molar-refractivity contribution is 0.101. The van der Waals surface area contributed by atoms with Crippen molar-refractivity contribution < 1.29 is 19.1 Å². The van der Waals surface area contributed by atoms with Crippen LogP contribution in [0.1, 0.15) is 41.5 Å². The molecule has 0 saturated heterocycles. The second-order valence-corrected chi connectivity index (χ2v) is 5.12. The van der Waals surface area contributed by atoms with E-state index in [4.69, 9.17) is 9.47 Å². The van der Waals surface area contributed by atoms with Crippen LogP contribution in [0.2, 0.25) is 0 Å². The maximum atomic E-state index is 12.4. The first kappa shape index (κ1) is 17.5. The quantitative estimate of drug-likeness (QED) is 0.782. The molecule has 0 aliphatic rings. The second kappa shape index (κ2) is 8.15. The summed E-state index contributed by atoms with van der Waals surface area (Å²) in [5.74, 6) is 0.885. The van der Waals surface area contributed by atoms with Gasteiger partial charge in [-0.15, -0.1) is 0 Å². The summed E-state index contributed by atoms with van der Waals surface area (Å²) in [6.45, 7) is 6.27. The largest absolute Gasteiger partial charge is 0.490 e. The van der Waals surface area contributed by atoms with Gasteiger partial charge in [0.1, 0.15) is 0 Å². The van der Waals surface area contributed by atoms with E-state index in [-0.39, 0.29) is 11.7 Å². The zero-order valence-electron chi connectivity index (χ0n) is 14.1. The van der Waals surface area contributed by atoms with E-state index in [1.807, 2.05) is 13.8 Å². The zero-order valence-corrected chi connectivity index (χ0v) is 14.1. The smallest absolute Gasteiger partial charge is 0.255 e. The molecular weight excluding hydrogens is 306 g/mol. The van der Waals surface area contributed by atoms with Crippen molar-refractivity contribution in [1.29, 1.82) is 0 Å². The molecule has 126 valence electrons. The first-order valence-electron chi connectivity index (χ1n) is 7.87. The molecule has 0 aliphatic heterocycles. The standard InChI is InChI=1S/C19H21NO4/c1-4-23-17-11-8-15(12-18(17)24-5-2)19(22)20-16-9-6-14(7-10-16)13(3)21/h6-12H,4-5H2,1-3H3,(H,20,22). The van der Waals surface area contributed by atoms with E-state index in [1.54, 1.807) is 42.5 Å². The number of rotatable bonds is 7. The van der Waals surface area contributed by atoms with Crippen LogP contribution >= 0.6 is 0 Å². The molecule has 0 saturated carbocycles. The van der Waals surface area contributed by atoms with Crippen LogP contribution in [-0.2, 0) is 0 Å². The number of amides is 1. The normalized spacial score (nSPS) is 10.1. The summed E-state index contributed by atoms with van der Waals surface area (Å²) in [5.41, 5.74) is 1.70. The van der Waals surface area contributed by atoms with Gasteiger partial charge < -0.3 is 14.8 Å². The molecule has 2 rings (SSSR count). The van der Waals surface area contributed by atoms with Gasteiger partial charge in [0.05, 0.1) is 13.2 Å². The molecule has 0 heterocycles. The average Bonchev–Trinajstić information content (AvgIpc) is 2.57. The molecule has 24 heavy (non-hydrogen) atoms. The number of benzene rings is 2. The average molecular weight is 327 g/mol. The minimum atomic E-state index is -0.255. The van der Waals surface area contributed by atoms with Crippen LogP contribution in [0.15, 0.2) is 42.5 Å². The van der Waals surface area contributed by atoms with Gasteiger partial charge >= 0.3 is 0 Å². The third-order valence-corrected chi connectivity index (χ3v) is 3.35. The zero-order chi connectivity index (χ0) is 17.5. The number of carbonyl (C=O) groups excluding carboxylic acids is 2. The molecule has 0 bridgehead atoms. The molecule has 0 unspecified atom stereocenters. The molecular formula is C19H21NO4. The highest BCUT2D eigenvalue weighted by Crippen LogP contribution is 2.28. The number of Topliss-reactive ketones (excluding diaryl/α,β-unsaturated/α-hetero) is 1. The van der Waals surface area contributed by atoms with Crippen LogP contribution in [-0.4, -0.2) is 24.9 Å². The van der Waals surface area contributed by atoms with E-state index in [0.717, 1.165) is 0 Å². The van der Waals surface area contributed by atoms with Crippen molar-refractivity contribution in [3.05, 3.63) is 53.6 Å². The van der Waals surface area contributed by atoms with Crippen molar-refractivity contribution in [3.63, 3.8) is 0 Å². The Morgan fingerprint density at radius 1 is 0.875 bits per heavy atom. The minimum absolute atomic E-state index is 0.0132. The molecule has 1 amide bonds.